The molecule has 1 saturated carbocycles. The summed E-state index contributed by atoms with van der Waals surface area (Å²) in [6.45, 7) is 3.19. The van der Waals surface area contributed by atoms with E-state index in [4.69, 9.17) is 0 Å². The molecule has 5 nitrogen and oxygen atoms in total. The van der Waals surface area contributed by atoms with Crippen molar-refractivity contribution in [3.05, 3.63) is 28.8 Å². The van der Waals surface area contributed by atoms with Gasteiger partial charge in [0.25, 0.3) is 0 Å². The van der Waals surface area contributed by atoms with Crippen molar-refractivity contribution in [2.45, 2.75) is 51.5 Å². The van der Waals surface area contributed by atoms with E-state index in [0.717, 1.165) is 36.2 Å². The minimum Gasteiger partial charge on any atom is -0.304 e. The van der Waals surface area contributed by atoms with Crippen LogP contribution in [-0.4, -0.2) is 25.0 Å². The lowest BCUT2D eigenvalue weighted by atomic mass is 9.81. The zero-order valence-corrected chi connectivity index (χ0v) is 14.6. The maximum atomic E-state index is 4.64. The van der Waals surface area contributed by atoms with Gasteiger partial charge in [0.2, 0.25) is 0 Å². The lowest BCUT2D eigenvalue weighted by Crippen LogP contribution is -2.23. The molecule has 124 valence electrons. The molecule has 0 saturated heterocycles. The van der Waals surface area contributed by atoms with Gasteiger partial charge in [0.05, 0.1) is 4.88 Å². The van der Waals surface area contributed by atoms with Crippen molar-refractivity contribution in [2.75, 3.05) is 0 Å². The summed E-state index contributed by atoms with van der Waals surface area (Å²) >= 11 is 1.73. The molecule has 1 N–H and O–H groups in total. The number of nitrogens with zero attached hydrogens (tertiary/aromatic N) is 4. The Morgan fingerprint density at radius 1 is 1.25 bits per heavy atom. The predicted molar refractivity (Wildman–Crippen MR) is 95.0 cm³/mol. The first kappa shape index (κ1) is 14.4. The molecule has 1 aliphatic heterocycles. The van der Waals surface area contributed by atoms with Crippen LogP contribution < -0.4 is 0 Å². The van der Waals surface area contributed by atoms with E-state index in [9.17, 15) is 0 Å². The highest BCUT2D eigenvalue weighted by molar-refractivity contribution is 7.13. The summed E-state index contributed by atoms with van der Waals surface area (Å²) in [5.41, 5.74) is 3.74. The Labute approximate surface area is 145 Å². The molecule has 3 aromatic heterocycles. The van der Waals surface area contributed by atoms with Gasteiger partial charge in [-0.25, -0.2) is 0 Å². The van der Waals surface area contributed by atoms with Crippen LogP contribution in [-0.2, 0) is 13.0 Å². The summed E-state index contributed by atoms with van der Waals surface area (Å²) < 4.78 is 2.30. The van der Waals surface area contributed by atoms with Gasteiger partial charge in [-0.1, -0.05) is 25.8 Å². The monoisotopic (exact) mass is 339 g/mol. The zero-order valence-electron chi connectivity index (χ0n) is 13.8. The first-order valence-corrected chi connectivity index (χ1v) is 9.79. The predicted octanol–water partition coefficient (Wildman–Crippen LogP) is 4.25. The molecule has 1 aliphatic carbocycles. The smallest absolute Gasteiger partial charge is 0.185 e. The second-order valence-corrected chi connectivity index (χ2v) is 7.85. The number of hydrogen-bond donors (Lipinski definition) is 1. The largest absolute Gasteiger partial charge is 0.304 e. The quantitative estimate of drug-likeness (QED) is 0.776. The Morgan fingerprint density at radius 2 is 2.08 bits per heavy atom. The standard InChI is InChI=1S/C18H21N5S/c1-2-13-15-12(11-6-3-4-7-11)10-23-17(14-8-5-9-24-14)21-22-18(23)16(15)20-19-13/h5,8-9,11-12H,2-4,6-7,10H2,1H3,(H,19,20). The number of nitrogens with one attached hydrogen (secondary N) is 1. The average molecular weight is 339 g/mol. The van der Waals surface area contributed by atoms with E-state index in [1.165, 1.54) is 41.8 Å². The number of aromatic amines is 1. The first-order chi connectivity index (χ1) is 11.9. The minimum absolute atomic E-state index is 0.540. The lowest BCUT2D eigenvalue weighted by molar-refractivity contribution is 0.382. The van der Waals surface area contributed by atoms with Crippen molar-refractivity contribution in [2.24, 2.45) is 5.92 Å². The second kappa shape index (κ2) is 5.55. The number of H-pyrrole nitrogens is 1. The van der Waals surface area contributed by atoms with Crippen LogP contribution in [0.3, 0.4) is 0 Å². The molecule has 0 amide bonds. The first-order valence-electron chi connectivity index (χ1n) is 8.91. The van der Waals surface area contributed by atoms with Crippen molar-refractivity contribution in [3.63, 3.8) is 0 Å². The molecule has 4 heterocycles. The third kappa shape index (κ3) is 2.02. The van der Waals surface area contributed by atoms with Gasteiger partial charge in [-0.2, -0.15) is 5.10 Å². The molecule has 3 aromatic rings. The fourth-order valence-corrected chi connectivity index (χ4v) is 5.22. The molecule has 0 aromatic carbocycles. The maximum absolute atomic E-state index is 4.64. The van der Waals surface area contributed by atoms with Gasteiger partial charge < -0.3 is 4.57 Å². The molecule has 24 heavy (non-hydrogen) atoms. The van der Waals surface area contributed by atoms with Gasteiger partial charge >= 0.3 is 0 Å². The average Bonchev–Trinajstić information content (AvgIpc) is 3.39. The third-order valence-corrected chi connectivity index (χ3v) is 6.53. The molecular formula is C18H21N5S. The van der Waals surface area contributed by atoms with Crippen LogP contribution in [0.2, 0.25) is 0 Å². The van der Waals surface area contributed by atoms with E-state index in [1.54, 1.807) is 11.3 Å². The highest BCUT2D eigenvalue weighted by atomic mass is 32.1. The molecule has 0 spiro atoms. The molecule has 0 bridgehead atoms. The van der Waals surface area contributed by atoms with Crippen LogP contribution in [0.5, 0.6) is 0 Å². The van der Waals surface area contributed by atoms with E-state index < -0.39 is 0 Å². The van der Waals surface area contributed by atoms with Gasteiger partial charge in [0, 0.05) is 23.7 Å². The van der Waals surface area contributed by atoms with E-state index >= 15 is 0 Å². The Kier molecular flexibility index (Phi) is 3.33. The van der Waals surface area contributed by atoms with Crippen LogP contribution in [0.15, 0.2) is 17.5 Å². The fourth-order valence-electron chi connectivity index (χ4n) is 4.50. The van der Waals surface area contributed by atoms with Crippen molar-refractivity contribution >= 4 is 11.3 Å². The van der Waals surface area contributed by atoms with Crippen molar-refractivity contribution in [1.82, 2.24) is 25.0 Å². The van der Waals surface area contributed by atoms with Gasteiger partial charge in [0.15, 0.2) is 11.6 Å². The van der Waals surface area contributed by atoms with E-state index in [0.29, 0.717) is 5.92 Å². The maximum Gasteiger partial charge on any atom is 0.185 e. The van der Waals surface area contributed by atoms with E-state index in [1.807, 2.05) is 0 Å². The van der Waals surface area contributed by atoms with Gasteiger partial charge in [-0.3, -0.25) is 5.10 Å². The Hall–Kier alpha value is -1.95. The molecule has 1 atom stereocenters. The van der Waals surface area contributed by atoms with Gasteiger partial charge in [-0.15, -0.1) is 21.5 Å². The summed E-state index contributed by atoms with van der Waals surface area (Å²) in [6.07, 6.45) is 6.40. The third-order valence-electron chi connectivity index (χ3n) is 5.66. The molecule has 5 rings (SSSR count). The van der Waals surface area contributed by atoms with Crippen molar-refractivity contribution in [3.8, 4) is 22.2 Å². The van der Waals surface area contributed by atoms with Crippen molar-refractivity contribution in [1.29, 1.82) is 0 Å². The Morgan fingerprint density at radius 3 is 2.83 bits per heavy atom. The number of aryl methyl sites for hydroxylation is 1. The molecule has 1 unspecified atom stereocenters. The van der Waals surface area contributed by atoms with Crippen LogP contribution in [0.25, 0.3) is 22.2 Å². The molecular weight excluding hydrogens is 318 g/mol. The minimum atomic E-state index is 0.540. The summed E-state index contributed by atoms with van der Waals surface area (Å²) in [5.74, 6) is 3.23. The SMILES string of the molecule is CCc1[nH]nc2c1C(C1CCCC1)Cn1c(-c3cccs3)nnc1-2. The molecule has 0 radical (unpaired) electrons. The normalized spacial score (nSPS) is 20.3. The summed E-state index contributed by atoms with van der Waals surface area (Å²) in [5, 5.41) is 19.0. The topological polar surface area (TPSA) is 59.4 Å². The fraction of sp³-hybridized carbons (Fsp3) is 0.500. The van der Waals surface area contributed by atoms with Crippen LogP contribution in [0.1, 0.15) is 49.8 Å². The van der Waals surface area contributed by atoms with Crippen LogP contribution in [0, 0.1) is 5.92 Å². The zero-order chi connectivity index (χ0) is 16.1. The number of thiophene rings is 1. The Bertz CT molecular complexity index is 854. The molecule has 1 fully saturated rings. The number of fused-ring (bicyclic) bond motifs is 3. The van der Waals surface area contributed by atoms with Crippen molar-refractivity contribution < 1.29 is 0 Å². The highest BCUT2D eigenvalue weighted by Gasteiger charge is 2.38. The second-order valence-electron chi connectivity index (χ2n) is 6.90. The molecule has 6 heteroatoms. The van der Waals surface area contributed by atoms with Gasteiger partial charge in [-0.05, 0) is 36.6 Å². The van der Waals surface area contributed by atoms with Gasteiger partial charge in [0.1, 0.15) is 5.69 Å². The van der Waals surface area contributed by atoms with Crippen LogP contribution >= 0.6 is 11.3 Å². The summed E-state index contributed by atoms with van der Waals surface area (Å²) in [4.78, 5) is 1.19. The molecule has 2 aliphatic rings. The summed E-state index contributed by atoms with van der Waals surface area (Å²) in [7, 11) is 0. The van der Waals surface area contributed by atoms with E-state index in [2.05, 4.69) is 49.4 Å². The lowest BCUT2D eigenvalue weighted by Gasteiger charge is -2.29. The number of hydrogen-bond acceptors (Lipinski definition) is 4. The highest BCUT2D eigenvalue weighted by Crippen LogP contribution is 2.46. The Balaban J connectivity index is 1.67. The van der Waals surface area contributed by atoms with Crippen LogP contribution in [0.4, 0.5) is 0 Å². The number of aromatic nitrogens is 5. The van der Waals surface area contributed by atoms with E-state index in [-0.39, 0.29) is 0 Å². The summed E-state index contributed by atoms with van der Waals surface area (Å²) in [6, 6.07) is 4.21. The number of rotatable bonds is 3.